The monoisotopic (exact) mass is 308 g/mol. The maximum atomic E-state index is 4.52. The topological polar surface area (TPSA) is 51.6 Å². The number of thiol groups is 1. The Balaban J connectivity index is 1.66. The van der Waals surface area contributed by atoms with E-state index in [0.29, 0.717) is 5.25 Å². The molecule has 9 heteroatoms. The van der Waals surface area contributed by atoms with E-state index in [1.54, 1.807) is 57.2 Å². The van der Waals surface area contributed by atoms with Gasteiger partial charge in [0.15, 0.2) is 8.68 Å². The first-order chi connectivity index (χ1) is 7.84. The van der Waals surface area contributed by atoms with E-state index >= 15 is 0 Å². The molecular formula is C7H8N4S5. The fourth-order valence-corrected chi connectivity index (χ4v) is 4.31. The second-order valence-electron chi connectivity index (χ2n) is 2.69. The molecule has 0 aromatic carbocycles. The highest BCUT2D eigenvalue weighted by Gasteiger charge is 2.08. The van der Waals surface area contributed by atoms with Gasteiger partial charge in [0.1, 0.15) is 11.0 Å². The van der Waals surface area contributed by atoms with Crippen molar-refractivity contribution in [1.82, 2.24) is 20.4 Å². The van der Waals surface area contributed by atoms with Crippen molar-refractivity contribution in [3.63, 3.8) is 0 Å². The summed E-state index contributed by atoms with van der Waals surface area (Å²) in [6.07, 6.45) is 0. The third kappa shape index (κ3) is 4.21. The SMILES string of the molecule is SC(CSc1nncs1)CSc1nncs1. The summed E-state index contributed by atoms with van der Waals surface area (Å²) in [5.74, 6) is 1.87. The van der Waals surface area contributed by atoms with Crippen molar-refractivity contribution in [2.45, 2.75) is 13.9 Å². The third-order valence-electron chi connectivity index (χ3n) is 1.48. The lowest BCUT2D eigenvalue weighted by Crippen LogP contribution is -2.05. The minimum atomic E-state index is 0.322. The van der Waals surface area contributed by atoms with Gasteiger partial charge in [-0.3, -0.25) is 0 Å². The molecule has 0 saturated heterocycles. The number of nitrogens with zero attached hydrogens (tertiary/aromatic N) is 4. The number of aromatic nitrogens is 4. The Morgan fingerprint density at radius 3 is 1.94 bits per heavy atom. The molecule has 4 nitrogen and oxygen atoms in total. The van der Waals surface area contributed by atoms with Crippen LogP contribution in [0, 0.1) is 0 Å². The zero-order chi connectivity index (χ0) is 11.2. The predicted octanol–water partition coefficient (Wildman–Crippen LogP) is 2.57. The molecule has 2 aromatic heterocycles. The Hall–Kier alpha value is 0.170. The van der Waals surface area contributed by atoms with Crippen molar-refractivity contribution in [2.75, 3.05) is 11.5 Å². The lowest BCUT2D eigenvalue weighted by atomic mass is 10.5. The van der Waals surface area contributed by atoms with Crippen molar-refractivity contribution in [3.05, 3.63) is 11.0 Å². The number of thioether (sulfide) groups is 2. The van der Waals surface area contributed by atoms with Gasteiger partial charge < -0.3 is 0 Å². The zero-order valence-electron chi connectivity index (χ0n) is 8.02. The largest absolute Gasteiger partial charge is 0.174 e. The maximum absolute atomic E-state index is 4.52. The zero-order valence-corrected chi connectivity index (χ0v) is 12.2. The minimum Gasteiger partial charge on any atom is -0.174 e. The molecule has 0 fully saturated rings. The van der Waals surface area contributed by atoms with Crippen LogP contribution in [-0.4, -0.2) is 37.2 Å². The van der Waals surface area contributed by atoms with Crippen molar-refractivity contribution in [3.8, 4) is 0 Å². The van der Waals surface area contributed by atoms with E-state index in [9.17, 15) is 0 Å². The number of hydrogen-bond donors (Lipinski definition) is 1. The van der Waals surface area contributed by atoms with E-state index < -0.39 is 0 Å². The first kappa shape index (κ1) is 12.6. The average Bonchev–Trinajstić information content (AvgIpc) is 2.96. The van der Waals surface area contributed by atoms with Gasteiger partial charge >= 0.3 is 0 Å². The van der Waals surface area contributed by atoms with Crippen LogP contribution in [0.25, 0.3) is 0 Å². The highest BCUT2D eigenvalue weighted by Crippen LogP contribution is 2.25. The molecule has 2 rings (SSSR count). The number of hydrogen-bond acceptors (Lipinski definition) is 9. The third-order valence-corrected chi connectivity index (χ3v) is 6.38. The standard InChI is InChI=1S/C7H8N4S5/c12-5(1-13-6-10-8-3-15-6)2-14-7-11-9-4-16-7/h3-5,12H,1-2H2. The molecule has 16 heavy (non-hydrogen) atoms. The molecule has 2 aromatic rings. The fourth-order valence-electron chi connectivity index (χ4n) is 0.835. The van der Waals surface area contributed by atoms with Gasteiger partial charge in [0.25, 0.3) is 0 Å². The van der Waals surface area contributed by atoms with Crippen LogP contribution in [0.3, 0.4) is 0 Å². The van der Waals surface area contributed by atoms with E-state index in [1.807, 2.05) is 0 Å². The van der Waals surface area contributed by atoms with Crippen molar-refractivity contribution in [1.29, 1.82) is 0 Å². The molecule has 0 saturated carbocycles. The fraction of sp³-hybridized carbons (Fsp3) is 0.429. The van der Waals surface area contributed by atoms with Gasteiger partial charge in [-0.05, 0) is 0 Å². The van der Waals surface area contributed by atoms with Crippen molar-refractivity contribution >= 4 is 58.8 Å². The summed E-state index contributed by atoms with van der Waals surface area (Å²) < 4.78 is 2.00. The van der Waals surface area contributed by atoms with Crippen molar-refractivity contribution in [2.24, 2.45) is 0 Å². The minimum absolute atomic E-state index is 0.322. The molecule has 0 N–H and O–H groups in total. The van der Waals surface area contributed by atoms with Gasteiger partial charge in [-0.25, -0.2) is 0 Å². The highest BCUT2D eigenvalue weighted by atomic mass is 32.2. The Labute approximate surface area is 115 Å². The first-order valence-electron chi connectivity index (χ1n) is 4.30. The van der Waals surface area contributed by atoms with Gasteiger partial charge in [-0.1, -0.05) is 46.2 Å². The number of rotatable bonds is 6. The summed E-state index contributed by atoms with van der Waals surface area (Å²) >= 11 is 11.0. The molecule has 0 bridgehead atoms. The van der Waals surface area contributed by atoms with Crippen LogP contribution < -0.4 is 0 Å². The van der Waals surface area contributed by atoms with Crippen LogP contribution in [-0.2, 0) is 0 Å². The lowest BCUT2D eigenvalue weighted by Gasteiger charge is -2.06. The first-order valence-corrected chi connectivity index (χ1v) is 8.55. The predicted molar refractivity (Wildman–Crippen MR) is 74.0 cm³/mol. The maximum Gasteiger partial charge on any atom is 0.174 e. The molecule has 0 unspecified atom stereocenters. The van der Waals surface area contributed by atoms with E-state index in [0.717, 1.165) is 20.2 Å². The molecule has 0 amide bonds. The summed E-state index contributed by atoms with van der Waals surface area (Å²) in [6.45, 7) is 0. The lowest BCUT2D eigenvalue weighted by molar-refractivity contribution is 1.00. The molecular weight excluding hydrogens is 300 g/mol. The van der Waals surface area contributed by atoms with Crippen LogP contribution in [0.1, 0.15) is 0 Å². The second-order valence-corrected chi connectivity index (χ2v) is 7.62. The second kappa shape index (κ2) is 6.80. The quantitative estimate of drug-likeness (QED) is 0.654. The smallest absolute Gasteiger partial charge is 0.174 e. The molecule has 0 aliphatic carbocycles. The van der Waals surface area contributed by atoms with Gasteiger partial charge in [-0.15, -0.1) is 20.4 Å². The summed E-state index contributed by atoms with van der Waals surface area (Å²) in [7, 11) is 0. The average molecular weight is 309 g/mol. The Morgan fingerprint density at radius 1 is 1.06 bits per heavy atom. The molecule has 2 heterocycles. The summed E-state index contributed by atoms with van der Waals surface area (Å²) in [5, 5.41) is 15.8. The van der Waals surface area contributed by atoms with Gasteiger partial charge in [0.2, 0.25) is 0 Å². The van der Waals surface area contributed by atoms with E-state index in [1.165, 1.54) is 0 Å². The molecule has 0 atom stereocenters. The molecule has 0 radical (unpaired) electrons. The Kier molecular flexibility index (Phi) is 5.36. The normalized spacial score (nSPS) is 11.1. The van der Waals surface area contributed by atoms with Crippen LogP contribution >= 0.6 is 58.8 Å². The van der Waals surface area contributed by atoms with Crippen molar-refractivity contribution < 1.29 is 0 Å². The Bertz CT molecular complexity index is 351. The summed E-state index contributed by atoms with van der Waals surface area (Å²) in [5.41, 5.74) is 3.48. The van der Waals surface area contributed by atoms with Crippen LogP contribution in [0.4, 0.5) is 0 Å². The molecule has 0 aliphatic heterocycles. The summed E-state index contributed by atoms with van der Waals surface area (Å²) in [6, 6.07) is 0. The molecule has 0 spiro atoms. The summed E-state index contributed by atoms with van der Waals surface area (Å²) in [4.78, 5) is 0. The van der Waals surface area contributed by atoms with Gasteiger partial charge in [0.05, 0.1) is 0 Å². The van der Waals surface area contributed by atoms with E-state index in [4.69, 9.17) is 0 Å². The molecule has 86 valence electrons. The van der Waals surface area contributed by atoms with Crippen LogP contribution in [0.15, 0.2) is 19.7 Å². The van der Waals surface area contributed by atoms with Gasteiger partial charge in [0, 0.05) is 16.8 Å². The van der Waals surface area contributed by atoms with E-state index in [2.05, 4.69) is 33.0 Å². The van der Waals surface area contributed by atoms with Gasteiger partial charge in [-0.2, -0.15) is 12.6 Å². The highest BCUT2D eigenvalue weighted by molar-refractivity contribution is 8.03. The molecule has 0 aliphatic rings. The van der Waals surface area contributed by atoms with E-state index in [-0.39, 0.29) is 0 Å². The van der Waals surface area contributed by atoms with Crippen LogP contribution in [0.5, 0.6) is 0 Å². The Morgan fingerprint density at radius 2 is 1.56 bits per heavy atom. The van der Waals surface area contributed by atoms with Crippen LogP contribution in [0.2, 0.25) is 0 Å².